The van der Waals surface area contributed by atoms with Crippen LogP contribution in [0.4, 0.5) is 5.69 Å². The Kier molecular flexibility index (Phi) is 9.21. The van der Waals surface area contributed by atoms with Gasteiger partial charge in [-0.25, -0.2) is 0 Å². The van der Waals surface area contributed by atoms with Crippen molar-refractivity contribution in [2.24, 2.45) is 0 Å². The van der Waals surface area contributed by atoms with Gasteiger partial charge in [0.05, 0.1) is 11.6 Å². The van der Waals surface area contributed by atoms with E-state index in [4.69, 9.17) is 0 Å². The van der Waals surface area contributed by atoms with Gasteiger partial charge in [0.15, 0.2) is 5.78 Å². The van der Waals surface area contributed by atoms with Crippen LogP contribution in [0, 0.1) is 18.3 Å². The first-order chi connectivity index (χ1) is 21.1. The van der Waals surface area contributed by atoms with Crippen LogP contribution in [-0.4, -0.2) is 72.5 Å². The first-order valence-corrected chi connectivity index (χ1v) is 16.0. The Morgan fingerprint density at radius 3 is 2.37 bits per heavy atom. The van der Waals surface area contributed by atoms with E-state index in [0.717, 1.165) is 69.8 Å². The van der Waals surface area contributed by atoms with Crippen LogP contribution < -0.4 is 4.90 Å². The number of ketones is 1. The van der Waals surface area contributed by atoms with Crippen molar-refractivity contribution in [2.75, 3.05) is 57.3 Å². The summed E-state index contributed by atoms with van der Waals surface area (Å²) in [6.07, 6.45) is 7.34. The summed E-state index contributed by atoms with van der Waals surface area (Å²) in [4.78, 5) is 20.7. The summed E-state index contributed by atoms with van der Waals surface area (Å²) in [6.45, 7) is 11.6. The number of hydrogen-bond donors (Lipinski definition) is 0. The van der Waals surface area contributed by atoms with Gasteiger partial charge in [-0.2, -0.15) is 5.26 Å². The molecule has 4 aromatic rings. The lowest BCUT2D eigenvalue weighted by molar-refractivity contribution is 0.0978. The fourth-order valence-corrected chi connectivity index (χ4v) is 6.85. The number of nitriles is 1. The van der Waals surface area contributed by atoms with Gasteiger partial charge < -0.3 is 14.4 Å². The largest absolute Gasteiger partial charge is 0.368 e. The molecule has 6 heteroatoms. The summed E-state index contributed by atoms with van der Waals surface area (Å²) < 4.78 is 2.39. The molecule has 3 heterocycles. The van der Waals surface area contributed by atoms with Gasteiger partial charge in [0.2, 0.25) is 0 Å². The standard InChI is InChI=1S/C37H43N5O/c1-29-28-42(35-12-4-2-10-33(29)35)23-20-40-18-21-41(22-19-40)36-13-5-3-11-34(36)31-24-30(27-38)25-32(26-31)37(43)14-6-7-15-39-16-8-9-17-39/h2-5,10-13,24-26,28H,6-9,14-23H2,1H3. The molecule has 0 atom stereocenters. The number of carbonyl (C=O) groups is 1. The van der Waals surface area contributed by atoms with E-state index in [1.165, 1.54) is 48.1 Å². The van der Waals surface area contributed by atoms with Gasteiger partial charge in [-0.3, -0.25) is 9.69 Å². The first-order valence-electron chi connectivity index (χ1n) is 16.0. The van der Waals surface area contributed by atoms with E-state index < -0.39 is 0 Å². The highest BCUT2D eigenvalue weighted by Gasteiger charge is 2.21. The Balaban J connectivity index is 1.10. The van der Waals surface area contributed by atoms with Gasteiger partial charge in [0.25, 0.3) is 0 Å². The number of nitrogens with zero attached hydrogens (tertiary/aromatic N) is 5. The zero-order valence-electron chi connectivity index (χ0n) is 25.5. The zero-order chi connectivity index (χ0) is 29.6. The van der Waals surface area contributed by atoms with Crippen LogP contribution in [0.5, 0.6) is 0 Å². The zero-order valence-corrected chi connectivity index (χ0v) is 25.5. The number of unbranched alkanes of at least 4 members (excludes halogenated alkanes) is 1. The number of carbonyl (C=O) groups excluding carboxylic acids is 1. The summed E-state index contributed by atoms with van der Waals surface area (Å²) in [5, 5.41) is 11.1. The quantitative estimate of drug-likeness (QED) is 0.147. The monoisotopic (exact) mass is 573 g/mol. The lowest BCUT2D eigenvalue weighted by Crippen LogP contribution is -2.47. The molecule has 6 rings (SSSR count). The van der Waals surface area contributed by atoms with Crippen LogP contribution in [0.15, 0.2) is 72.9 Å². The number of para-hydroxylation sites is 2. The van der Waals surface area contributed by atoms with Crippen molar-refractivity contribution in [1.29, 1.82) is 5.26 Å². The SMILES string of the molecule is Cc1cn(CCN2CCN(c3ccccc3-c3cc(C#N)cc(C(=O)CCCCN4CCCC4)c3)CC2)c2ccccc12. The summed E-state index contributed by atoms with van der Waals surface area (Å²) in [7, 11) is 0. The number of Topliss-reactive ketones (excluding diaryl/α,β-unsaturated/α-hetero) is 1. The normalized spacial score (nSPS) is 16.1. The topological polar surface area (TPSA) is 55.5 Å². The Morgan fingerprint density at radius 2 is 1.56 bits per heavy atom. The summed E-state index contributed by atoms with van der Waals surface area (Å²) in [6, 6.07) is 25.1. The number of likely N-dealkylation sites (tertiary alicyclic amines) is 1. The molecule has 43 heavy (non-hydrogen) atoms. The molecule has 0 amide bonds. The molecular weight excluding hydrogens is 530 g/mol. The molecule has 2 aliphatic rings. The van der Waals surface area contributed by atoms with Crippen molar-refractivity contribution >= 4 is 22.4 Å². The Labute approximate surface area is 256 Å². The van der Waals surface area contributed by atoms with E-state index in [1.807, 2.05) is 12.1 Å². The van der Waals surface area contributed by atoms with E-state index in [1.54, 1.807) is 6.07 Å². The molecule has 3 aromatic carbocycles. The Morgan fingerprint density at radius 1 is 0.814 bits per heavy atom. The van der Waals surface area contributed by atoms with Gasteiger partial charge in [0.1, 0.15) is 0 Å². The molecule has 0 unspecified atom stereocenters. The number of hydrogen-bond acceptors (Lipinski definition) is 5. The molecule has 2 aliphatic heterocycles. The lowest BCUT2D eigenvalue weighted by Gasteiger charge is -2.37. The average molecular weight is 574 g/mol. The van der Waals surface area contributed by atoms with Gasteiger partial charge >= 0.3 is 0 Å². The third kappa shape index (κ3) is 6.85. The number of aromatic nitrogens is 1. The van der Waals surface area contributed by atoms with Gasteiger partial charge in [-0.1, -0.05) is 36.4 Å². The molecule has 222 valence electrons. The second-order valence-electron chi connectivity index (χ2n) is 12.2. The molecule has 1 aromatic heterocycles. The summed E-state index contributed by atoms with van der Waals surface area (Å²) in [5.74, 6) is 0.136. The van der Waals surface area contributed by atoms with Crippen molar-refractivity contribution in [3.63, 3.8) is 0 Å². The van der Waals surface area contributed by atoms with Crippen molar-refractivity contribution in [2.45, 2.75) is 45.6 Å². The number of anilines is 1. The van der Waals surface area contributed by atoms with Gasteiger partial charge in [-0.05, 0) is 93.7 Å². The van der Waals surface area contributed by atoms with E-state index in [0.29, 0.717) is 17.5 Å². The van der Waals surface area contributed by atoms with Gasteiger partial charge in [0, 0.05) is 79.6 Å². The highest BCUT2D eigenvalue weighted by atomic mass is 16.1. The van der Waals surface area contributed by atoms with E-state index in [-0.39, 0.29) is 5.78 Å². The third-order valence-corrected chi connectivity index (χ3v) is 9.28. The van der Waals surface area contributed by atoms with Crippen LogP contribution in [0.3, 0.4) is 0 Å². The van der Waals surface area contributed by atoms with Crippen molar-refractivity contribution in [1.82, 2.24) is 14.4 Å². The Hall–Kier alpha value is -3.92. The molecule has 0 bridgehead atoms. The predicted octanol–water partition coefficient (Wildman–Crippen LogP) is 6.76. The van der Waals surface area contributed by atoms with E-state index >= 15 is 0 Å². The fourth-order valence-electron chi connectivity index (χ4n) is 6.85. The summed E-state index contributed by atoms with van der Waals surface area (Å²) >= 11 is 0. The van der Waals surface area contributed by atoms with Crippen molar-refractivity contribution < 1.29 is 4.79 Å². The molecule has 0 saturated carbocycles. The van der Waals surface area contributed by atoms with Crippen LogP contribution in [0.2, 0.25) is 0 Å². The highest BCUT2D eigenvalue weighted by Crippen LogP contribution is 2.33. The molecular formula is C37H43N5O. The molecule has 0 radical (unpaired) electrons. The predicted molar refractivity (Wildman–Crippen MR) is 176 cm³/mol. The number of rotatable bonds is 11. The molecule has 6 nitrogen and oxygen atoms in total. The number of benzene rings is 3. The minimum absolute atomic E-state index is 0.136. The molecule has 0 aliphatic carbocycles. The second kappa shape index (κ2) is 13.6. The third-order valence-electron chi connectivity index (χ3n) is 9.28. The number of piperazine rings is 1. The second-order valence-corrected chi connectivity index (χ2v) is 12.2. The van der Waals surface area contributed by atoms with Crippen molar-refractivity contribution in [3.05, 3.63) is 89.6 Å². The smallest absolute Gasteiger partial charge is 0.162 e. The van der Waals surface area contributed by atoms with E-state index in [2.05, 4.69) is 87.0 Å². The molecule has 0 spiro atoms. The van der Waals surface area contributed by atoms with Crippen LogP contribution in [0.25, 0.3) is 22.0 Å². The van der Waals surface area contributed by atoms with Crippen LogP contribution in [0.1, 0.15) is 53.6 Å². The number of aryl methyl sites for hydroxylation is 1. The molecule has 2 saturated heterocycles. The minimum Gasteiger partial charge on any atom is -0.368 e. The summed E-state index contributed by atoms with van der Waals surface area (Å²) in [5.41, 5.74) is 7.06. The van der Waals surface area contributed by atoms with Crippen molar-refractivity contribution in [3.8, 4) is 17.2 Å². The maximum Gasteiger partial charge on any atom is 0.162 e. The van der Waals surface area contributed by atoms with Crippen LogP contribution >= 0.6 is 0 Å². The number of fused-ring (bicyclic) bond motifs is 1. The average Bonchev–Trinajstić information content (AvgIpc) is 3.70. The van der Waals surface area contributed by atoms with Crippen LogP contribution in [-0.2, 0) is 6.54 Å². The highest BCUT2D eigenvalue weighted by molar-refractivity contribution is 5.98. The molecule has 2 fully saturated rings. The first kappa shape index (κ1) is 29.2. The fraction of sp³-hybridized carbons (Fsp3) is 0.405. The minimum atomic E-state index is 0.136. The molecule has 0 N–H and O–H groups in total. The Bertz CT molecular complexity index is 1600. The lowest BCUT2D eigenvalue weighted by atomic mass is 9.95. The van der Waals surface area contributed by atoms with Gasteiger partial charge in [-0.15, -0.1) is 0 Å². The van der Waals surface area contributed by atoms with E-state index in [9.17, 15) is 10.1 Å². The maximum absolute atomic E-state index is 13.2. The maximum atomic E-state index is 13.2.